The Morgan fingerprint density at radius 3 is 1.50 bits per heavy atom. The summed E-state index contributed by atoms with van der Waals surface area (Å²) in [6, 6.07) is 0. The first-order valence-corrected chi connectivity index (χ1v) is 4.81. The van der Waals surface area contributed by atoms with E-state index in [-0.39, 0.29) is 47.1 Å². The number of rotatable bonds is 5. The Labute approximate surface area is 110 Å². The predicted molar refractivity (Wildman–Crippen MR) is 61.7 cm³/mol. The lowest BCUT2D eigenvalue weighted by molar-refractivity contribution is -0.137. The number of H-pyrrole nitrogens is 2. The molecule has 20 heavy (non-hydrogen) atoms. The van der Waals surface area contributed by atoms with E-state index in [1.54, 1.807) is 0 Å². The molecule has 0 aromatic carbocycles. The van der Waals surface area contributed by atoms with Crippen LogP contribution in [0.4, 0.5) is 0 Å². The Morgan fingerprint density at radius 1 is 0.850 bits per heavy atom. The summed E-state index contributed by atoms with van der Waals surface area (Å²) in [6.07, 6.45) is -0.585. The lowest BCUT2D eigenvalue weighted by Gasteiger charge is -1.86. The Hall–Kier alpha value is -2.86. The Kier molecular flexibility index (Phi) is 5.92. The van der Waals surface area contributed by atoms with Crippen molar-refractivity contribution in [2.24, 2.45) is 0 Å². The second-order valence-corrected chi connectivity index (χ2v) is 3.35. The third-order valence-electron chi connectivity index (χ3n) is 1.90. The third-order valence-corrected chi connectivity index (χ3v) is 1.90. The molecule has 0 saturated heterocycles. The largest absolute Gasteiger partial charge is 0.481 e. The molecule has 2 aromatic heterocycles. The van der Waals surface area contributed by atoms with E-state index in [0.717, 1.165) is 0 Å². The van der Waals surface area contributed by atoms with Crippen LogP contribution in [0.3, 0.4) is 0 Å². The van der Waals surface area contributed by atoms with E-state index in [1.807, 2.05) is 0 Å². The molecule has 12 nitrogen and oxygen atoms in total. The fourth-order valence-corrected chi connectivity index (χ4v) is 1.24. The van der Waals surface area contributed by atoms with Gasteiger partial charge in [0.1, 0.15) is 24.5 Å². The van der Waals surface area contributed by atoms with Crippen LogP contribution in [0.25, 0.3) is 11.6 Å². The molecule has 0 radical (unpaired) electrons. The van der Waals surface area contributed by atoms with Gasteiger partial charge < -0.3 is 21.2 Å². The van der Waals surface area contributed by atoms with Crippen LogP contribution in [0, 0.1) is 0 Å². The molecule has 0 unspecified atom stereocenters. The van der Waals surface area contributed by atoms with Crippen molar-refractivity contribution in [3.8, 4) is 11.6 Å². The van der Waals surface area contributed by atoms with Gasteiger partial charge in [-0.2, -0.15) is 0 Å². The predicted octanol–water partition coefficient (Wildman–Crippen LogP) is -2.81. The van der Waals surface area contributed by atoms with Crippen LogP contribution in [0.2, 0.25) is 0 Å². The van der Waals surface area contributed by atoms with Crippen molar-refractivity contribution in [1.29, 1.82) is 0 Å². The molecule has 0 aliphatic heterocycles. The fraction of sp³-hybridized carbons (Fsp3) is 0.250. The number of nitrogens with one attached hydrogen (secondary N) is 2. The van der Waals surface area contributed by atoms with Crippen molar-refractivity contribution in [3.63, 3.8) is 0 Å². The van der Waals surface area contributed by atoms with Crippen molar-refractivity contribution in [1.82, 2.24) is 30.4 Å². The van der Waals surface area contributed by atoms with Crippen LogP contribution in [-0.4, -0.2) is 63.5 Å². The maximum atomic E-state index is 10.4. The molecule has 12 heteroatoms. The van der Waals surface area contributed by atoms with Crippen LogP contribution < -0.4 is 0 Å². The molecule has 2 rings (SSSR count). The van der Waals surface area contributed by atoms with Crippen molar-refractivity contribution < 1.29 is 30.8 Å². The van der Waals surface area contributed by atoms with E-state index < -0.39 is 11.9 Å². The summed E-state index contributed by atoms with van der Waals surface area (Å²) >= 11 is 0. The molecule has 8 N–H and O–H groups in total. The smallest absolute Gasteiger partial charge is 0.311 e. The zero-order valence-corrected chi connectivity index (χ0v) is 9.91. The first kappa shape index (κ1) is 17.1. The number of aromatic amines is 2. The summed E-state index contributed by atoms with van der Waals surface area (Å²) in [4.78, 5) is 28.6. The van der Waals surface area contributed by atoms with E-state index in [0.29, 0.717) is 0 Å². The average Bonchev–Trinajstić information content (AvgIpc) is 2.85. The van der Waals surface area contributed by atoms with Gasteiger partial charge in [-0.05, 0) is 0 Å². The fourth-order valence-electron chi connectivity index (χ4n) is 1.24. The Morgan fingerprint density at radius 2 is 1.20 bits per heavy atom. The van der Waals surface area contributed by atoms with E-state index in [4.69, 9.17) is 10.2 Å². The molecule has 2 heterocycles. The van der Waals surface area contributed by atoms with Gasteiger partial charge in [0.25, 0.3) is 0 Å². The van der Waals surface area contributed by atoms with Gasteiger partial charge in [-0.25, -0.2) is 9.97 Å². The third kappa shape index (κ3) is 4.11. The Balaban J connectivity index is 0.00000180. The summed E-state index contributed by atoms with van der Waals surface area (Å²) in [5, 5.41) is 29.5. The van der Waals surface area contributed by atoms with Gasteiger partial charge in [0.2, 0.25) is 11.6 Å². The molecule has 0 atom stereocenters. The highest BCUT2D eigenvalue weighted by atomic mass is 16.4. The van der Waals surface area contributed by atoms with Gasteiger partial charge in [-0.1, -0.05) is 0 Å². The number of aliphatic carboxylic acids is 2. The number of aromatic nitrogens is 6. The first-order valence-electron chi connectivity index (χ1n) is 4.81. The van der Waals surface area contributed by atoms with Gasteiger partial charge in [0.15, 0.2) is 0 Å². The van der Waals surface area contributed by atoms with Crippen molar-refractivity contribution in [2.45, 2.75) is 12.8 Å². The van der Waals surface area contributed by atoms with Gasteiger partial charge in [-0.15, -0.1) is 10.2 Å². The van der Waals surface area contributed by atoms with Gasteiger partial charge >= 0.3 is 11.9 Å². The number of hydrogen-bond donors (Lipinski definition) is 4. The number of carbonyl (C=O) groups is 2. The topological polar surface area (TPSA) is 221 Å². The highest BCUT2D eigenvalue weighted by Crippen LogP contribution is 2.08. The molecule has 0 bridgehead atoms. The second-order valence-electron chi connectivity index (χ2n) is 3.35. The van der Waals surface area contributed by atoms with Gasteiger partial charge in [-0.3, -0.25) is 19.8 Å². The molecule has 110 valence electrons. The summed E-state index contributed by atoms with van der Waals surface area (Å²) < 4.78 is 0. The first-order chi connectivity index (χ1) is 8.54. The molecule has 0 aliphatic carbocycles. The molecule has 2 aromatic rings. The minimum atomic E-state index is -1.04. The van der Waals surface area contributed by atoms with E-state index in [9.17, 15) is 9.59 Å². The monoisotopic (exact) mass is 288 g/mol. The highest BCUT2D eigenvalue weighted by molar-refractivity contribution is 5.69. The van der Waals surface area contributed by atoms with E-state index in [2.05, 4.69) is 30.4 Å². The number of carboxylic acids is 2. The molecular formula is C8H12N6O6. The maximum Gasteiger partial charge on any atom is 0.311 e. The molecule has 0 amide bonds. The lowest BCUT2D eigenvalue weighted by Crippen LogP contribution is -2.02. The van der Waals surface area contributed by atoms with Gasteiger partial charge in [0, 0.05) is 0 Å². The van der Waals surface area contributed by atoms with E-state index in [1.165, 1.54) is 0 Å². The quantitative estimate of drug-likeness (QED) is 0.448. The SMILES string of the molecule is O.O.O=C(O)Cc1nc(-c2n[nH]c(CC(=O)O)n2)n[nH]1. The van der Waals surface area contributed by atoms with Crippen LogP contribution in [0.15, 0.2) is 0 Å². The van der Waals surface area contributed by atoms with Gasteiger partial charge in [0.05, 0.1) is 0 Å². The molecule has 0 aliphatic rings. The number of nitrogens with zero attached hydrogens (tertiary/aromatic N) is 4. The van der Waals surface area contributed by atoms with Crippen LogP contribution in [0.1, 0.15) is 11.6 Å². The zero-order chi connectivity index (χ0) is 13.1. The zero-order valence-electron chi connectivity index (χ0n) is 9.91. The molecule has 0 fully saturated rings. The second kappa shape index (κ2) is 6.91. The van der Waals surface area contributed by atoms with Crippen LogP contribution in [-0.2, 0) is 22.4 Å². The van der Waals surface area contributed by atoms with Crippen LogP contribution >= 0.6 is 0 Å². The Bertz CT molecular complexity index is 540. The summed E-state index contributed by atoms with van der Waals surface area (Å²) in [6.45, 7) is 0. The lowest BCUT2D eigenvalue weighted by atomic mass is 10.4. The normalized spacial score (nSPS) is 9.40. The van der Waals surface area contributed by atoms with Crippen molar-refractivity contribution >= 4 is 11.9 Å². The number of hydrogen-bond acceptors (Lipinski definition) is 6. The molecule has 0 saturated carbocycles. The minimum Gasteiger partial charge on any atom is -0.481 e. The van der Waals surface area contributed by atoms with Crippen LogP contribution in [0.5, 0.6) is 0 Å². The minimum absolute atomic E-state index is 0. The van der Waals surface area contributed by atoms with E-state index >= 15 is 0 Å². The number of carboxylic acid groups (broad SMARTS) is 2. The standard InChI is InChI=1S/C8H8N6O4.2H2O/c15-5(16)1-3-9-7(13-11-3)8-10-4(12-14-8)2-6(17)18;;/h1-2H2,(H,15,16)(H,17,18)(H,9,11,13)(H,10,12,14);2*1H2. The molecule has 0 spiro atoms. The van der Waals surface area contributed by atoms with Crippen molar-refractivity contribution in [2.75, 3.05) is 0 Å². The summed E-state index contributed by atoms with van der Waals surface area (Å²) in [5.41, 5.74) is 0. The average molecular weight is 288 g/mol. The summed E-state index contributed by atoms with van der Waals surface area (Å²) in [5.74, 6) is -1.53. The molecular weight excluding hydrogens is 276 g/mol. The van der Waals surface area contributed by atoms with Crippen molar-refractivity contribution in [3.05, 3.63) is 11.6 Å². The maximum absolute atomic E-state index is 10.4. The highest BCUT2D eigenvalue weighted by Gasteiger charge is 2.14. The summed E-state index contributed by atoms with van der Waals surface area (Å²) in [7, 11) is 0.